The number of allylic oxidation sites excluding steroid dienone is 14. The summed E-state index contributed by atoms with van der Waals surface area (Å²) in [5, 5.41) is 0. The molecule has 0 aromatic carbocycles. The van der Waals surface area contributed by atoms with Gasteiger partial charge in [-0.05, 0) is 96.3 Å². The fourth-order valence-electron chi connectivity index (χ4n) is 10.3. The van der Waals surface area contributed by atoms with Gasteiger partial charge in [-0.3, -0.25) is 14.4 Å². The smallest absolute Gasteiger partial charge is 0.306 e. The Morgan fingerprint density at radius 3 is 0.756 bits per heavy atom. The first-order valence-corrected chi connectivity index (χ1v) is 35.6. The van der Waals surface area contributed by atoms with Crippen LogP contribution in [-0.4, -0.2) is 37.2 Å². The van der Waals surface area contributed by atoms with Crippen LogP contribution in [0.2, 0.25) is 0 Å². The Morgan fingerprint density at radius 1 is 0.256 bits per heavy atom. The molecular weight excluding hydrogens is 1010 g/mol. The van der Waals surface area contributed by atoms with E-state index in [0.717, 1.165) is 109 Å². The van der Waals surface area contributed by atoms with Crippen molar-refractivity contribution in [1.82, 2.24) is 0 Å². The molecule has 474 valence electrons. The van der Waals surface area contributed by atoms with E-state index in [4.69, 9.17) is 14.2 Å². The van der Waals surface area contributed by atoms with Crippen LogP contribution in [0.25, 0.3) is 0 Å². The second-order valence-corrected chi connectivity index (χ2v) is 23.8. The van der Waals surface area contributed by atoms with Gasteiger partial charge in [-0.15, -0.1) is 0 Å². The number of hydrogen-bond donors (Lipinski definition) is 0. The number of carbonyl (C=O) groups excluding carboxylic acids is 3. The van der Waals surface area contributed by atoms with Crippen molar-refractivity contribution in [3.63, 3.8) is 0 Å². The van der Waals surface area contributed by atoms with Crippen molar-refractivity contribution in [2.24, 2.45) is 0 Å². The summed E-state index contributed by atoms with van der Waals surface area (Å²) in [4.78, 5) is 38.4. The van der Waals surface area contributed by atoms with Gasteiger partial charge >= 0.3 is 17.9 Å². The summed E-state index contributed by atoms with van der Waals surface area (Å²) in [6.45, 7) is 6.55. The Morgan fingerprint density at radius 2 is 0.476 bits per heavy atom. The zero-order valence-electron chi connectivity index (χ0n) is 54.5. The molecule has 0 heterocycles. The Labute approximate surface area is 509 Å². The number of ether oxygens (including phenoxy) is 3. The van der Waals surface area contributed by atoms with E-state index >= 15 is 0 Å². The van der Waals surface area contributed by atoms with E-state index < -0.39 is 6.10 Å². The van der Waals surface area contributed by atoms with E-state index in [1.54, 1.807) is 0 Å². The molecule has 0 N–H and O–H groups in total. The van der Waals surface area contributed by atoms with Gasteiger partial charge in [0.15, 0.2) is 6.10 Å². The highest BCUT2D eigenvalue weighted by atomic mass is 16.6. The van der Waals surface area contributed by atoms with E-state index in [1.165, 1.54) is 212 Å². The van der Waals surface area contributed by atoms with Crippen molar-refractivity contribution in [2.45, 2.75) is 367 Å². The number of rotatable bonds is 65. The highest BCUT2D eigenvalue weighted by Crippen LogP contribution is 2.18. The maximum absolute atomic E-state index is 12.9. The molecule has 6 nitrogen and oxygen atoms in total. The van der Waals surface area contributed by atoms with Crippen molar-refractivity contribution >= 4 is 17.9 Å². The van der Waals surface area contributed by atoms with Gasteiger partial charge in [-0.1, -0.05) is 331 Å². The lowest BCUT2D eigenvalue weighted by atomic mass is 10.0. The number of esters is 3. The second kappa shape index (κ2) is 70.1. The Bertz CT molecular complexity index is 1550. The van der Waals surface area contributed by atoms with Gasteiger partial charge in [0.25, 0.3) is 0 Å². The third kappa shape index (κ3) is 67.4. The fourth-order valence-corrected chi connectivity index (χ4v) is 10.3. The van der Waals surface area contributed by atoms with Gasteiger partial charge in [0.05, 0.1) is 0 Å². The van der Waals surface area contributed by atoms with Crippen molar-refractivity contribution < 1.29 is 28.6 Å². The van der Waals surface area contributed by atoms with Crippen molar-refractivity contribution in [3.05, 3.63) is 85.1 Å². The highest BCUT2D eigenvalue weighted by Gasteiger charge is 2.19. The summed E-state index contributed by atoms with van der Waals surface area (Å²) in [5.74, 6) is -0.869. The van der Waals surface area contributed by atoms with Crippen LogP contribution in [-0.2, 0) is 28.6 Å². The summed E-state index contributed by atoms with van der Waals surface area (Å²) < 4.78 is 17.0. The van der Waals surface area contributed by atoms with E-state index in [2.05, 4.69) is 106 Å². The number of carbonyl (C=O) groups is 3. The first-order valence-electron chi connectivity index (χ1n) is 35.6. The average Bonchev–Trinajstić information content (AvgIpc) is 3.48. The molecule has 0 saturated heterocycles. The van der Waals surface area contributed by atoms with E-state index in [1.807, 2.05) is 0 Å². The lowest BCUT2D eigenvalue weighted by Crippen LogP contribution is -2.30. The third-order valence-corrected chi connectivity index (χ3v) is 15.6. The average molecular weight is 1140 g/mol. The Kier molecular flexibility index (Phi) is 67.2. The van der Waals surface area contributed by atoms with Gasteiger partial charge in [0.2, 0.25) is 0 Å². The molecular formula is C76H134O6. The molecule has 0 amide bonds. The molecule has 82 heavy (non-hydrogen) atoms. The van der Waals surface area contributed by atoms with E-state index in [0.29, 0.717) is 19.3 Å². The molecule has 1 atom stereocenters. The second-order valence-electron chi connectivity index (χ2n) is 23.8. The summed E-state index contributed by atoms with van der Waals surface area (Å²) in [5.41, 5.74) is 0. The maximum Gasteiger partial charge on any atom is 0.306 e. The maximum atomic E-state index is 12.9. The molecule has 0 bridgehead atoms. The number of hydrogen-bond acceptors (Lipinski definition) is 6. The largest absolute Gasteiger partial charge is 0.462 e. The molecule has 0 aromatic heterocycles. The highest BCUT2D eigenvalue weighted by molar-refractivity contribution is 5.71. The van der Waals surface area contributed by atoms with Crippen LogP contribution >= 0.6 is 0 Å². The molecule has 0 rings (SSSR count). The minimum atomic E-state index is -0.781. The molecule has 0 radical (unpaired) electrons. The molecule has 1 unspecified atom stereocenters. The lowest BCUT2D eigenvalue weighted by molar-refractivity contribution is -0.167. The van der Waals surface area contributed by atoms with Crippen molar-refractivity contribution in [2.75, 3.05) is 13.2 Å². The molecule has 0 saturated carbocycles. The van der Waals surface area contributed by atoms with Crippen LogP contribution < -0.4 is 0 Å². The molecule has 6 heteroatoms. The van der Waals surface area contributed by atoms with Crippen LogP contribution in [0.3, 0.4) is 0 Å². The molecule has 0 fully saturated rings. The minimum Gasteiger partial charge on any atom is -0.462 e. The SMILES string of the molecule is CC/C=C\C/C=C\C/C=C\C/C=C\C/C=C\CCCCCCCCCCCCCCCCCC(=O)OCC(COC(=O)CCCCCCC/C=C\C/C=C\CCCCCC)OC(=O)CCCCCCCCCCCCCCCCCCC. The third-order valence-electron chi connectivity index (χ3n) is 15.6. The number of unbranched alkanes of at least 4 members (excludes halogenated alkanes) is 40. The van der Waals surface area contributed by atoms with Gasteiger partial charge in [-0.2, -0.15) is 0 Å². The van der Waals surface area contributed by atoms with Gasteiger partial charge < -0.3 is 14.2 Å². The summed E-state index contributed by atoms with van der Waals surface area (Å²) in [6, 6.07) is 0. The summed E-state index contributed by atoms with van der Waals surface area (Å²) >= 11 is 0. The monoisotopic (exact) mass is 1140 g/mol. The zero-order valence-corrected chi connectivity index (χ0v) is 54.5. The van der Waals surface area contributed by atoms with Crippen LogP contribution in [0.5, 0.6) is 0 Å². The Hall–Kier alpha value is -3.41. The normalized spacial score (nSPS) is 12.6. The van der Waals surface area contributed by atoms with Gasteiger partial charge in [0, 0.05) is 19.3 Å². The van der Waals surface area contributed by atoms with Crippen molar-refractivity contribution in [1.29, 1.82) is 0 Å². The van der Waals surface area contributed by atoms with Crippen LogP contribution in [0.4, 0.5) is 0 Å². The van der Waals surface area contributed by atoms with Gasteiger partial charge in [-0.25, -0.2) is 0 Å². The van der Waals surface area contributed by atoms with E-state index in [9.17, 15) is 14.4 Å². The molecule has 0 spiro atoms. The van der Waals surface area contributed by atoms with Crippen LogP contribution in [0.1, 0.15) is 361 Å². The van der Waals surface area contributed by atoms with Crippen LogP contribution in [0, 0.1) is 0 Å². The summed E-state index contributed by atoms with van der Waals surface area (Å²) in [6.07, 6.45) is 93.2. The Balaban J connectivity index is 4.24. The summed E-state index contributed by atoms with van der Waals surface area (Å²) in [7, 11) is 0. The van der Waals surface area contributed by atoms with E-state index in [-0.39, 0.29) is 31.1 Å². The van der Waals surface area contributed by atoms with Crippen molar-refractivity contribution in [3.8, 4) is 0 Å². The topological polar surface area (TPSA) is 78.9 Å². The predicted molar refractivity (Wildman–Crippen MR) is 358 cm³/mol. The van der Waals surface area contributed by atoms with Gasteiger partial charge in [0.1, 0.15) is 13.2 Å². The molecule has 0 aromatic rings. The first kappa shape index (κ1) is 78.6. The quantitative estimate of drug-likeness (QED) is 0.0261. The molecule has 0 aliphatic carbocycles. The van der Waals surface area contributed by atoms with Crippen LogP contribution in [0.15, 0.2) is 85.1 Å². The fraction of sp³-hybridized carbons (Fsp3) is 0.776. The zero-order chi connectivity index (χ0) is 59.2. The predicted octanol–water partition coefficient (Wildman–Crippen LogP) is 24.6. The standard InChI is InChI=1S/C76H134O6/c1-4-7-10-13-16-19-22-25-28-31-32-33-34-35-36-37-38-39-40-41-42-43-44-46-48-51-54-57-60-63-66-69-75(78)81-72-73(71-80-74(77)68-65-62-59-56-53-50-47-30-27-24-21-18-15-12-9-6-3)82-76(79)70-67-64-61-58-55-52-49-45-29-26-23-20-17-14-11-8-5-2/h7,10,16,19,21,24-25,28,30,32-33,35-36,47,73H,4-6,8-9,11-15,17-18,20,22-23,26-27,29,31,34,37-46,48-72H2,1-3H3/b10-7-,19-16-,24-21-,28-25-,33-32-,36-35-,47-30-. The minimum absolute atomic E-state index is 0.0763. The molecule has 0 aliphatic heterocycles. The first-order chi connectivity index (χ1) is 40.5. The molecule has 0 aliphatic rings. The lowest BCUT2D eigenvalue weighted by Gasteiger charge is -2.18.